The number of anilines is 2. The normalized spacial score (nSPS) is 10.7. The molecule has 1 aromatic carbocycles. The fourth-order valence-corrected chi connectivity index (χ4v) is 1.64. The molecule has 1 rings (SSSR count). The third kappa shape index (κ3) is 4.19. The van der Waals surface area contributed by atoms with E-state index in [1.54, 1.807) is 0 Å². The van der Waals surface area contributed by atoms with Gasteiger partial charge in [-0.15, -0.1) is 0 Å². The van der Waals surface area contributed by atoms with E-state index in [0.717, 1.165) is 6.26 Å². The van der Waals surface area contributed by atoms with Gasteiger partial charge in [-0.3, -0.25) is 10.0 Å². The van der Waals surface area contributed by atoms with E-state index >= 15 is 0 Å². The molecular formula is C9H12N2O5S. The fourth-order valence-electron chi connectivity index (χ4n) is 1.06. The number of sulfonamides is 1. The molecule has 7 nitrogen and oxygen atoms in total. The number of phenols is 1. The molecule has 17 heavy (non-hydrogen) atoms. The molecule has 0 aliphatic carbocycles. The van der Waals surface area contributed by atoms with E-state index in [2.05, 4.69) is 14.8 Å². The van der Waals surface area contributed by atoms with E-state index in [-0.39, 0.29) is 17.1 Å². The predicted molar refractivity (Wildman–Crippen MR) is 62.6 cm³/mol. The van der Waals surface area contributed by atoms with Gasteiger partial charge >= 0.3 is 6.09 Å². The third-order valence-corrected chi connectivity index (χ3v) is 2.32. The van der Waals surface area contributed by atoms with Gasteiger partial charge in [0.15, 0.2) is 0 Å². The number of benzene rings is 1. The lowest BCUT2D eigenvalue weighted by molar-refractivity contribution is 0.187. The highest BCUT2D eigenvalue weighted by Crippen LogP contribution is 2.27. The first-order valence-electron chi connectivity index (χ1n) is 4.47. The number of aromatic hydroxyl groups is 1. The predicted octanol–water partition coefficient (Wildman–Crippen LogP) is 0.942. The molecule has 0 saturated carbocycles. The van der Waals surface area contributed by atoms with Crippen LogP contribution in [0.4, 0.5) is 16.2 Å². The Balaban J connectivity index is 2.90. The lowest BCUT2D eigenvalue weighted by Crippen LogP contribution is -2.12. The Kier molecular flexibility index (Phi) is 3.79. The second-order valence-corrected chi connectivity index (χ2v) is 4.97. The highest BCUT2D eigenvalue weighted by molar-refractivity contribution is 7.92. The van der Waals surface area contributed by atoms with E-state index in [1.807, 2.05) is 0 Å². The number of rotatable bonds is 3. The Bertz CT molecular complexity index is 526. The number of methoxy groups -OCH3 is 1. The molecule has 1 aromatic rings. The molecule has 0 aliphatic heterocycles. The van der Waals surface area contributed by atoms with Crippen LogP contribution in [0, 0.1) is 0 Å². The number of carbonyl (C=O) groups is 1. The van der Waals surface area contributed by atoms with Crippen molar-refractivity contribution in [1.29, 1.82) is 0 Å². The molecular weight excluding hydrogens is 248 g/mol. The second-order valence-electron chi connectivity index (χ2n) is 3.22. The Morgan fingerprint density at radius 1 is 1.41 bits per heavy atom. The van der Waals surface area contributed by atoms with Gasteiger partial charge < -0.3 is 9.84 Å². The van der Waals surface area contributed by atoms with Crippen LogP contribution in [-0.4, -0.2) is 33.0 Å². The van der Waals surface area contributed by atoms with Crippen LogP contribution >= 0.6 is 0 Å². The smallest absolute Gasteiger partial charge is 0.411 e. The van der Waals surface area contributed by atoms with Crippen molar-refractivity contribution in [2.45, 2.75) is 0 Å². The van der Waals surface area contributed by atoms with Gasteiger partial charge in [-0.2, -0.15) is 0 Å². The van der Waals surface area contributed by atoms with E-state index in [1.165, 1.54) is 25.3 Å². The minimum absolute atomic E-state index is 0.0305. The summed E-state index contributed by atoms with van der Waals surface area (Å²) in [6.07, 6.45) is 0.278. The molecule has 3 N–H and O–H groups in total. The van der Waals surface area contributed by atoms with Gasteiger partial charge in [-0.1, -0.05) is 0 Å². The molecule has 94 valence electrons. The quantitative estimate of drug-likeness (QED) is 0.701. The molecule has 0 unspecified atom stereocenters. The summed E-state index contributed by atoms with van der Waals surface area (Å²) in [5, 5.41) is 11.8. The number of nitrogens with one attached hydrogen (secondary N) is 2. The van der Waals surface area contributed by atoms with E-state index < -0.39 is 16.1 Å². The zero-order valence-electron chi connectivity index (χ0n) is 9.22. The fraction of sp³-hybridized carbons (Fsp3) is 0.222. The van der Waals surface area contributed by atoms with Crippen molar-refractivity contribution < 1.29 is 23.1 Å². The maximum atomic E-state index is 10.9. The molecule has 0 aromatic heterocycles. The number of amides is 1. The van der Waals surface area contributed by atoms with E-state index in [0.29, 0.717) is 0 Å². The summed E-state index contributed by atoms with van der Waals surface area (Å²) in [5.41, 5.74) is 0.316. The number of ether oxygens (including phenoxy) is 1. The molecule has 0 bridgehead atoms. The topological polar surface area (TPSA) is 105 Å². The molecule has 0 heterocycles. The van der Waals surface area contributed by atoms with Crippen LogP contribution in [0.15, 0.2) is 18.2 Å². The molecule has 0 radical (unpaired) electrons. The maximum absolute atomic E-state index is 10.9. The zero-order chi connectivity index (χ0) is 13.1. The summed E-state index contributed by atoms with van der Waals surface area (Å²) >= 11 is 0. The zero-order valence-corrected chi connectivity index (χ0v) is 10.0. The third-order valence-electron chi connectivity index (χ3n) is 1.72. The molecule has 1 amide bonds. The summed E-state index contributed by atoms with van der Waals surface area (Å²) < 4.78 is 28.4. The first kappa shape index (κ1) is 13.1. The van der Waals surface area contributed by atoms with Crippen LogP contribution in [0.1, 0.15) is 0 Å². The van der Waals surface area contributed by atoms with E-state index in [9.17, 15) is 18.3 Å². The highest BCUT2D eigenvalue weighted by atomic mass is 32.2. The number of carbonyl (C=O) groups excluding carboxylic acids is 1. The minimum atomic E-state index is -3.46. The number of phenolic OH excluding ortho intramolecular Hbond substituents is 1. The molecule has 8 heteroatoms. The summed E-state index contributed by atoms with van der Waals surface area (Å²) in [6.45, 7) is 0. The van der Waals surface area contributed by atoms with Crippen molar-refractivity contribution in [3.8, 4) is 5.75 Å². The second kappa shape index (κ2) is 4.91. The van der Waals surface area contributed by atoms with Gasteiger partial charge in [-0.25, -0.2) is 13.2 Å². The Hall–Kier alpha value is -1.96. The first-order valence-corrected chi connectivity index (χ1v) is 6.37. The number of hydrogen-bond acceptors (Lipinski definition) is 5. The Morgan fingerprint density at radius 2 is 2.06 bits per heavy atom. The average molecular weight is 260 g/mol. The lowest BCUT2D eigenvalue weighted by atomic mass is 10.2. The van der Waals surface area contributed by atoms with Gasteiger partial charge in [0.1, 0.15) is 5.75 Å². The SMILES string of the molecule is COC(=O)Nc1ccc(NS(C)(=O)=O)c(O)c1. The van der Waals surface area contributed by atoms with Crippen molar-refractivity contribution in [3.05, 3.63) is 18.2 Å². The average Bonchev–Trinajstić information content (AvgIpc) is 2.20. The van der Waals surface area contributed by atoms with Crippen LogP contribution < -0.4 is 10.0 Å². The van der Waals surface area contributed by atoms with Crippen LogP contribution in [0.2, 0.25) is 0 Å². The van der Waals surface area contributed by atoms with Crippen molar-refractivity contribution in [1.82, 2.24) is 0 Å². The highest BCUT2D eigenvalue weighted by Gasteiger charge is 2.08. The van der Waals surface area contributed by atoms with Gasteiger partial charge in [-0.05, 0) is 12.1 Å². The van der Waals surface area contributed by atoms with Crippen LogP contribution in [0.25, 0.3) is 0 Å². The summed E-state index contributed by atoms with van der Waals surface area (Å²) in [4.78, 5) is 10.9. The van der Waals surface area contributed by atoms with Crippen molar-refractivity contribution in [2.75, 3.05) is 23.4 Å². The summed E-state index contributed by atoms with van der Waals surface area (Å²) in [6, 6.07) is 3.94. The first-order chi connectivity index (χ1) is 7.81. The van der Waals surface area contributed by atoms with Gasteiger partial charge in [0.25, 0.3) is 0 Å². The standard InChI is InChI=1S/C9H12N2O5S/c1-16-9(13)10-6-3-4-7(8(12)5-6)11-17(2,14)15/h3-5,11-12H,1-2H3,(H,10,13). The van der Waals surface area contributed by atoms with Crippen molar-refractivity contribution in [2.24, 2.45) is 0 Å². The van der Waals surface area contributed by atoms with Crippen LogP contribution in [-0.2, 0) is 14.8 Å². The van der Waals surface area contributed by atoms with E-state index in [4.69, 9.17) is 0 Å². The summed E-state index contributed by atoms with van der Waals surface area (Å²) in [7, 11) is -2.26. The molecule has 0 saturated heterocycles. The van der Waals surface area contributed by atoms with Gasteiger partial charge in [0.2, 0.25) is 10.0 Å². The Morgan fingerprint density at radius 3 is 2.53 bits per heavy atom. The molecule has 0 aliphatic rings. The minimum Gasteiger partial charge on any atom is -0.506 e. The Labute approximate surface area is 98.5 Å². The van der Waals surface area contributed by atoms with Gasteiger partial charge in [0, 0.05) is 11.8 Å². The molecule has 0 fully saturated rings. The molecule has 0 spiro atoms. The van der Waals surface area contributed by atoms with Gasteiger partial charge in [0.05, 0.1) is 19.1 Å². The van der Waals surface area contributed by atoms with Crippen molar-refractivity contribution in [3.63, 3.8) is 0 Å². The van der Waals surface area contributed by atoms with Crippen molar-refractivity contribution >= 4 is 27.5 Å². The lowest BCUT2D eigenvalue weighted by Gasteiger charge is -2.08. The number of hydrogen-bond donors (Lipinski definition) is 3. The monoisotopic (exact) mass is 260 g/mol. The maximum Gasteiger partial charge on any atom is 0.411 e. The van der Waals surface area contributed by atoms with Crippen LogP contribution in [0.3, 0.4) is 0 Å². The largest absolute Gasteiger partial charge is 0.506 e. The van der Waals surface area contributed by atoms with Crippen LogP contribution in [0.5, 0.6) is 5.75 Å². The molecule has 0 atom stereocenters. The summed E-state index contributed by atoms with van der Waals surface area (Å²) in [5.74, 6) is -0.302.